The number of methoxy groups -OCH3 is 1. The van der Waals surface area contributed by atoms with E-state index in [4.69, 9.17) is 14.9 Å². The van der Waals surface area contributed by atoms with Crippen molar-refractivity contribution in [3.8, 4) is 5.75 Å². The Labute approximate surface area is 84.0 Å². The molecule has 1 rings (SSSR count). The van der Waals surface area contributed by atoms with E-state index in [0.717, 1.165) is 16.9 Å². The predicted molar refractivity (Wildman–Crippen MR) is 54.6 cm³/mol. The highest BCUT2D eigenvalue weighted by atomic mass is 16.5. The van der Waals surface area contributed by atoms with E-state index in [1.165, 1.54) is 0 Å². The molecule has 2 N–H and O–H groups in total. The van der Waals surface area contributed by atoms with Gasteiger partial charge in [0.25, 0.3) is 0 Å². The van der Waals surface area contributed by atoms with Crippen molar-refractivity contribution in [2.45, 2.75) is 12.8 Å². The summed E-state index contributed by atoms with van der Waals surface area (Å²) in [6, 6.07) is 5.71. The van der Waals surface area contributed by atoms with Crippen LogP contribution in [0, 0.1) is 0 Å². The highest BCUT2D eigenvalue weighted by molar-refractivity contribution is 5.40. The summed E-state index contributed by atoms with van der Waals surface area (Å²) < 4.78 is 5.19. The number of hydrogen-bond acceptors (Lipinski definition) is 3. The summed E-state index contributed by atoms with van der Waals surface area (Å²) in [4.78, 5) is 0. The van der Waals surface area contributed by atoms with Crippen LogP contribution in [0.25, 0.3) is 0 Å². The Hall–Kier alpha value is -1.06. The van der Waals surface area contributed by atoms with Gasteiger partial charge in [0.2, 0.25) is 0 Å². The van der Waals surface area contributed by atoms with E-state index < -0.39 is 0 Å². The SMILES string of the molecule is COc1cccc(CCO)c1CCO. The highest BCUT2D eigenvalue weighted by Crippen LogP contribution is 2.22. The fraction of sp³-hybridized carbons (Fsp3) is 0.455. The zero-order chi connectivity index (χ0) is 10.4. The van der Waals surface area contributed by atoms with Crippen molar-refractivity contribution in [3.05, 3.63) is 29.3 Å². The Morgan fingerprint density at radius 1 is 1.14 bits per heavy atom. The van der Waals surface area contributed by atoms with Crippen molar-refractivity contribution in [2.75, 3.05) is 20.3 Å². The summed E-state index contributed by atoms with van der Waals surface area (Å²) in [7, 11) is 1.61. The van der Waals surface area contributed by atoms with E-state index in [-0.39, 0.29) is 13.2 Å². The summed E-state index contributed by atoms with van der Waals surface area (Å²) in [5.74, 6) is 0.782. The van der Waals surface area contributed by atoms with E-state index in [9.17, 15) is 0 Å². The molecular formula is C11H16O3. The van der Waals surface area contributed by atoms with E-state index in [2.05, 4.69) is 0 Å². The monoisotopic (exact) mass is 196 g/mol. The van der Waals surface area contributed by atoms with Gasteiger partial charge in [0.1, 0.15) is 5.75 Å². The van der Waals surface area contributed by atoms with Crippen LogP contribution in [0.5, 0.6) is 5.75 Å². The summed E-state index contributed by atoms with van der Waals surface area (Å²) >= 11 is 0. The molecule has 1 aromatic carbocycles. The molecule has 0 aliphatic rings. The lowest BCUT2D eigenvalue weighted by Gasteiger charge is -2.12. The van der Waals surface area contributed by atoms with Gasteiger partial charge in [0.05, 0.1) is 7.11 Å². The molecule has 0 spiro atoms. The third-order valence-corrected chi connectivity index (χ3v) is 2.19. The molecule has 0 radical (unpaired) electrons. The van der Waals surface area contributed by atoms with E-state index in [1.807, 2.05) is 18.2 Å². The third kappa shape index (κ3) is 2.47. The summed E-state index contributed by atoms with van der Waals surface area (Å²) in [5.41, 5.74) is 2.03. The molecule has 0 aliphatic carbocycles. The Morgan fingerprint density at radius 2 is 1.86 bits per heavy atom. The van der Waals surface area contributed by atoms with Gasteiger partial charge in [-0.05, 0) is 30.0 Å². The second-order valence-electron chi connectivity index (χ2n) is 3.05. The lowest BCUT2D eigenvalue weighted by Crippen LogP contribution is -2.02. The molecule has 3 nitrogen and oxygen atoms in total. The first-order valence-electron chi connectivity index (χ1n) is 4.70. The minimum Gasteiger partial charge on any atom is -0.496 e. The smallest absolute Gasteiger partial charge is 0.122 e. The molecule has 0 aliphatic heterocycles. The molecule has 14 heavy (non-hydrogen) atoms. The first kappa shape index (κ1) is 11.0. The molecule has 3 heteroatoms. The second kappa shape index (κ2) is 5.62. The number of hydrogen-bond donors (Lipinski definition) is 2. The van der Waals surface area contributed by atoms with Crippen LogP contribution in [0.3, 0.4) is 0 Å². The van der Waals surface area contributed by atoms with Gasteiger partial charge in [-0.2, -0.15) is 0 Å². The zero-order valence-corrected chi connectivity index (χ0v) is 8.36. The third-order valence-electron chi connectivity index (χ3n) is 2.19. The average Bonchev–Trinajstić information content (AvgIpc) is 2.21. The number of rotatable bonds is 5. The summed E-state index contributed by atoms with van der Waals surface area (Å²) in [6.07, 6.45) is 1.17. The predicted octanol–water partition coefficient (Wildman–Crippen LogP) is 0.765. The highest BCUT2D eigenvalue weighted by Gasteiger charge is 2.07. The van der Waals surface area contributed by atoms with Crippen LogP contribution < -0.4 is 4.74 Å². The van der Waals surface area contributed by atoms with Crippen LogP contribution in [-0.4, -0.2) is 30.5 Å². The Balaban J connectivity index is 3.00. The molecule has 1 aromatic rings. The molecule has 0 unspecified atom stereocenters. The lowest BCUT2D eigenvalue weighted by atomic mass is 10.0. The van der Waals surface area contributed by atoms with Gasteiger partial charge < -0.3 is 14.9 Å². The van der Waals surface area contributed by atoms with Gasteiger partial charge in [-0.15, -0.1) is 0 Å². The van der Waals surface area contributed by atoms with E-state index in [0.29, 0.717) is 12.8 Å². The van der Waals surface area contributed by atoms with Gasteiger partial charge >= 0.3 is 0 Å². The van der Waals surface area contributed by atoms with Crippen molar-refractivity contribution < 1.29 is 14.9 Å². The summed E-state index contributed by atoms with van der Waals surface area (Å²) in [5, 5.41) is 17.8. The fourth-order valence-corrected chi connectivity index (χ4v) is 1.55. The zero-order valence-electron chi connectivity index (χ0n) is 8.36. The second-order valence-corrected chi connectivity index (χ2v) is 3.05. The number of aliphatic hydroxyl groups excluding tert-OH is 2. The number of aliphatic hydroxyl groups is 2. The maximum Gasteiger partial charge on any atom is 0.122 e. The normalized spacial score (nSPS) is 10.2. The molecule has 0 saturated heterocycles. The van der Waals surface area contributed by atoms with Gasteiger partial charge in [0.15, 0.2) is 0 Å². The molecule has 0 bridgehead atoms. The molecule has 78 valence electrons. The quantitative estimate of drug-likeness (QED) is 0.731. The topological polar surface area (TPSA) is 49.7 Å². The van der Waals surface area contributed by atoms with Crippen molar-refractivity contribution >= 4 is 0 Å². The minimum absolute atomic E-state index is 0.0960. The molecular weight excluding hydrogens is 180 g/mol. The van der Waals surface area contributed by atoms with Crippen LogP contribution >= 0.6 is 0 Å². The van der Waals surface area contributed by atoms with Crippen molar-refractivity contribution in [3.63, 3.8) is 0 Å². The van der Waals surface area contributed by atoms with Gasteiger partial charge in [-0.1, -0.05) is 12.1 Å². The average molecular weight is 196 g/mol. The van der Waals surface area contributed by atoms with Crippen LogP contribution in [-0.2, 0) is 12.8 Å². The number of benzene rings is 1. The Morgan fingerprint density at radius 3 is 2.43 bits per heavy atom. The van der Waals surface area contributed by atoms with Crippen LogP contribution in [0.4, 0.5) is 0 Å². The van der Waals surface area contributed by atoms with Gasteiger partial charge in [-0.25, -0.2) is 0 Å². The summed E-state index contributed by atoms with van der Waals surface area (Å²) in [6.45, 7) is 0.213. The standard InChI is InChI=1S/C11H16O3/c1-14-11-4-2-3-9(5-7-12)10(11)6-8-13/h2-4,12-13H,5-8H2,1H3. The van der Waals surface area contributed by atoms with Crippen molar-refractivity contribution in [2.24, 2.45) is 0 Å². The minimum atomic E-state index is 0.0960. The van der Waals surface area contributed by atoms with E-state index >= 15 is 0 Å². The Bertz CT molecular complexity index is 284. The van der Waals surface area contributed by atoms with Crippen LogP contribution in [0.15, 0.2) is 18.2 Å². The Kier molecular flexibility index (Phi) is 4.43. The van der Waals surface area contributed by atoms with Crippen LogP contribution in [0.2, 0.25) is 0 Å². The number of ether oxygens (including phenoxy) is 1. The van der Waals surface area contributed by atoms with E-state index in [1.54, 1.807) is 7.11 Å². The lowest BCUT2D eigenvalue weighted by molar-refractivity contribution is 0.290. The molecule has 0 heterocycles. The first-order chi connectivity index (χ1) is 6.83. The maximum atomic E-state index is 8.91. The molecule has 0 fully saturated rings. The molecule has 0 amide bonds. The maximum absolute atomic E-state index is 8.91. The van der Waals surface area contributed by atoms with Gasteiger partial charge in [-0.3, -0.25) is 0 Å². The van der Waals surface area contributed by atoms with Gasteiger partial charge in [0, 0.05) is 13.2 Å². The molecule has 0 aromatic heterocycles. The molecule has 0 atom stereocenters. The van der Waals surface area contributed by atoms with Crippen molar-refractivity contribution in [1.29, 1.82) is 0 Å². The van der Waals surface area contributed by atoms with Crippen LogP contribution in [0.1, 0.15) is 11.1 Å². The first-order valence-corrected chi connectivity index (χ1v) is 4.70. The molecule has 0 saturated carbocycles. The fourth-order valence-electron chi connectivity index (χ4n) is 1.55. The largest absolute Gasteiger partial charge is 0.496 e. The van der Waals surface area contributed by atoms with Crippen molar-refractivity contribution in [1.82, 2.24) is 0 Å².